The molecule has 0 aromatic heterocycles. The number of hydrogen-bond donors (Lipinski definition) is 3. The molecule has 1 aromatic carbocycles. The summed E-state index contributed by atoms with van der Waals surface area (Å²) in [5.74, 6) is 0.678. The number of sulfonamides is 2. The van der Waals surface area contributed by atoms with Crippen LogP contribution in [-0.4, -0.2) is 36.0 Å². The first-order valence-electron chi connectivity index (χ1n) is 6.15. The van der Waals surface area contributed by atoms with E-state index < -0.39 is 20.0 Å². The molecule has 4 N–H and O–H groups in total. The Hall–Kier alpha value is -0.710. The van der Waals surface area contributed by atoms with E-state index >= 15 is 0 Å². The number of piperidine rings is 1. The first-order valence-corrected chi connectivity index (χ1v) is 9.18. The van der Waals surface area contributed by atoms with Crippen molar-refractivity contribution in [1.82, 2.24) is 10.0 Å². The number of benzene rings is 1. The Labute approximate surface area is 129 Å². The van der Waals surface area contributed by atoms with Gasteiger partial charge in [0.15, 0.2) is 0 Å². The van der Waals surface area contributed by atoms with Crippen LogP contribution in [-0.2, 0) is 20.0 Å². The fourth-order valence-electron chi connectivity index (χ4n) is 2.66. The molecule has 118 valence electrons. The molecule has 1 aliphatic carbocycles. The maximum atomic E-state index is 12.2. The molecule has 1 saturated heterocycles. The molecule has 0 spiro atoms. The number of hydrogen-bond acceptors (Lipinski definition) is 5. The first-order chi connectivity index (χ1) is 9.29. The number of nitrogens with two attached hydrogens (primary N) is 1. The van der Waals surface area contributed by atoms with Crippen LogP contribution in [0, 0.1) is 11.8 Å². The fraction of sp³-hybridized carbons (Fsp3) is 0.455. The van der Waals surface area contributed by atoms with Gasteiger partial charge in [-0.05, 0) is 43.1 Å². The van der Waals surface area contributed by atoms with Crippen molar-refractivity contribution in [3.8, 4) is 0 Å². The molecule has 1 aromatic rings. The van der Waals surface area contributed by atoms with E-state index in [0.717, 1.165) is 19.2 Å². The van der Waals surface area contributed by atoms with Gasteiger partial charge in [-0.1, -0.05) is 6.07 Å². The zero-order chi connectivity index (χ0) is 14.5. The van der Waals surface area contributed by atoms with Crippen LogP contribution in [0.25, 0.3) is 0 Å². The lowest BCUT2D eigenvalue weighted by Gasteiger charge is -2.09. The molecule has 3 rings (SSSR count). The highest BCUT2D eigenvalue weighted by Gasteiger charge is 2.54. The van der Waals surface area contributed by atoms with Crippen LogP contribution in [0.4, 0.5) is 0 Å². The Balaban J connectivity index is 0.00000161. The highest BCUT2D eigenvalue weighted by molar-refractivity contribution is 7.90. The van der Waals surface area contributed by atoms with Crippen LogP contribution in [0.15, 0.2) is 34.1 Å². The van der Waals surface area contributed by atoms with Crippen LogP contribution >= 0.6 is 12.4 Å². The highest BCUT2D eigenvalue weighted by atomic mass is 35.5. The Bertz CT molecular complexity index is 740. The lowest BCUT2D eigenvalue weighted by Crippen LogP contribution is -2.32. The predicted octanol–water partition coefficient (Wildman–Crippen LogP) is -0.748. The number of rotatable bonds is 4. The molecule has 2 fully saturated rings. The summed E-state index contributed by atoms with van der Waals surface area (Å²) in [5, 5.41) is 8.18. The van der Waals surface area contributed by atoms with Gasteiger partial charge in [-0.25, -0.2) is 26.7 Å². The van der Waals surface area contributed by atoms with E-state index in [1.165, 1.54) is 18.2 Å². The van der Waals surface area contributed by atoms with E-state index in [2.05, 4.69) is 10.0 Å². The van der Waals surface area contributed by atoms with Crippen molar-refractivity contribution in [2.24, 2.45) is 17.0 Å². The molecule has 0 amide bonds. The van der Waals surface area contributed by atoms with Gasteiger partial charge in [0, 0.05) is 6.04 Å². The number of halogens is 1. The molecule has 7 nitrogen and oxygen atoms in total. The van der Waals surface area contributed by atoms with Crippen LogP contribution < -0.4 is 15.2 Å². The average molecular weight is 354 g/mol. The third-order valence-electron chi connectivity index (χ3n) is 3.83. The topological polar surface area (TPSA) is 118 Å². The molecule has 2 aliphatic rings. The zero-order valence-electron chi connectivity index (χ0n) is 10.9. The van der Waals surface area contributed by atoms with E-state index in [1.54, 1.807) is 0 Å². The molecular formula is C11H16ClN3O4S2. The largest absolute Gasteiger partial charge is 0.316 e. The summed E-state index contributed by atoms with van der Waals surface area (Å²) in [4.78, 5) is -0.292. The molecule has 0 radical (unpaired) electrons. The lowest BCUT2D eigenvalue weighted by molar-refractivity contribution is 0.565. The average Bonchev–Trinajstić information content (AvgIpc) is 2.82. The van der Waals surface area contributed by atoms with Crippen LogP contribution in [0.5, 0.6) is 0 Å². The van der Waals surface area contributed by atoms with Crippen molar-refractivity contribution in [2.75, 3.05) is 13.1 Å². The maximum absolute atomic E-state index is 12.2. The molecule has 1 saturated carbocycles. The minimum absolute atomic E-state index is 0. The lowest BCUT2D eigenvalue weighted by atomic mass is 10.4. The third-order valence-corrected chi connectivity index (χ3v) is 6.20. The van der Waals surface area contributed by atoms with E-state index in [-0.39, 0.29) is 28.2 Å². The molecule has 0 bridgehead atoms. The zero-order valence-corrected chi connectivity index (χ0v) is 13.3. The molecular weight excluding hydrogens is 338 g/mol. The van der Waals surface area contributed by atoms with Crippen molar-refractivity contribution >= 4 is 32.5 Å². The van der Waals surface area contributed by atoms with Gasteiger partial charge in [0.1, 0.15) is 0 Å². The summed E-state index contributed by atoms with van der Waals surface area (Å²) < 4.78 is 49.6. The van der Waals surface area contributed by atoms with Crippen molar-refractivity contribution in [3.05, 3.63) is 24.3 Å². The summed E-state index contributed by atoms with van der Waals surface area (Å²) in [6, 6.07) is 5.01. The summed E-state index contributed by atoms with van der Waals surface area (Å²) in [7, 11) is -7.64. The summed E-state index contributed by atoms with van der Waals surface area (Å²) in [6.07, 6.45) is 0. The number of nitrogens with one attached hydrogen (secondary N) is 2. The van der Waals surface area contributed by atoms with Gasteiger partial charge in [-0.15, -0.1) is 12.4 Å². The van der Waals surface area contributed by atoms with Gasteiger partial charge in [0.25, 0.3) is 0 Å². The molecule has 2 unspecified atom stereocenters. The van der Waals surface area contributed by atoms with Gasteiger partial charge in [-0.2, -0.15) is 0 Å². The molecule has 21 heavy (non-hydrogen) atoms. The van der Waals surface area contributed by atoms with Crippen LogP contribution in [0.2, 0.25) is 0 Å². The van der Waals surface area contributed by atoms with Gasteiger partial charge in [0.2, 0.25) is 20.0 Å². The van der Waals surface area contributed by atoms with Crippen molar-refractivity contribution < 1.29 is 16.8 Å². The van der Waals surface area contributed by atoms with Gasteiger partial charge < -0.3 is 5.32 Å². The van der Waals surface area contributed by atoms with Gasteiger partial charge in [-0.3, -0.25) is 0 Å². The monoisotopic (exact) mass is 353 g/mol. The summed E-state index contributed by atoms with van der Waals surface area (Å²) in [5.41, 5.74) is 0. The minimum atomic E-state index is -3.92. The smallest absolute Gasteiger partial charge is 0.240 e. The Kier molecular flexibility index (Phi) is 4.35. The Morgan fingerprint density at radius 3 is 2.24 bits per heavy atom. The molecule has 10 heteroatoms. The number of fused-ring (bicyclic) bond motifs is 1. The minimum Gasteiger partial charge on any atom is -0.316 e. The molecule has 1 heterocycles. The first kappa shape index (κ1) is 16.7. The summed E-state index contributed by atoms with van der Waals surface area (Å²) in [6.45, 7) is 1.63. The van der Waals surface area contributed by atoms with Gasteiger partial charge >= 0.3 is 0 Å². The standard InChI is InChI=1S/C11H15N3O4S2.ClH/c12-19(15,16)7-2-1-3-8(4-7)20(17,18)14-11-9-5-13-6-10(9)11;/h1-4,9-11,13-14H,5-6H2,(H2,12,15,16);1H. The normalized spacial score (nSPS) is 27.8. The fourth-order valence-corrected chi connectivity index (χ4v) is 4.68. The van der Waals surface area contributed by atoms with Crippen LogP contribution in [0.1, 0.15) is 0 Å². The summed E-state index contributed by atoms with van der Waals surface area (Å²) >= 11 is 0. The van der Waals surface area contributed by atoms with Crippen LogP contribution in [0.3, 0.4) is 0 Å². The van der Waals surface area contributed by atoms with Gasteiger partial charge in [0.05, 0.1) is 9.79 Å². The Morgan fingerprint density at radius 2 is 1.67 bits per heavy atom. The van der Waals surface area contributed by atoms with E-state index in [0.29, 0.717) is 11.8 Å². The second-order valence-electron chi connectivity index (χ2n) is 5.15. The molecule has 2 atom stereocenters. The van der Waals surface area contributed by atoms with Crippen molar-refractivity contribution in [3.63, 3.8) is 0 Å². The van der Waals surface area contributed by atoms with E-state index in [1.807, 2.05) is 0 Å². The second-order valence-corrected chi connectivity index (χ2v) is 8.43. The number of primary sulfonamides is 1. The third kappa shape index (κ3) is 3.22. The quantitative estimate of drug-likeness (QED) is 0.658. The SMILES string of the molecule is Cl.NS(=O)(=O)c1cccc(S(=O)(=O)NC2C3CNCC32)c1. The second kappa shape index (κ2) is 5.49. The van der Waals surface area contributed by atoms with E-state index in [4.69, 9.17) is 5.14 Å². The predicted molar refractivity (Wildman–Crippen MR) is 79.0 cm³/mol. The Morgan fingerprint density at radius 1 is 1.10 bits per heavy atom. The van der Waals surface area contributed by atoms with E-state index in [9.17, 15) is 16.8 Å². The highest BCUT2D eigenvalue weighted by Crippen LogP contribution is 2.42. The van der Waals surface area contributed by atoms with Crippen molar-refractivity contribution in [1.29, 1.82) is 0 Å². The van der Waals surface area contributed by atoms with Crippen molar-refractivity contribution in [2.45, 2.75) is 15.8 Å². The maximum Gasteiger partial charge on any atom is 0.240 e. The molecule has 1 aliphatic heterocycles.